The lowest BCUT2D eigenvalue weighted by Gasteiger charge is -2.27. The number of hydrogen-bond acceptors (Lipinski definition) is 3. The highest BCUT2D eigenvalue weighted by atomic mass is 32.2. The predicted octanol–water partition coefficient (Wildman–Crippen LogP) is 5.17. The molecule has 2 N–H and O–H groups in total. The molecule has 28 heavy (non-hydrogen) atoms. The van der Waals surface area contributed by atoms with Gasteiger partial charge in [0.25, 0.3) is 5.91 Å². The second kappa shape index (κ2) is 7.56. The normalized spacial score (nSPS) is 16.7. The van der Waals surface area contributed by atoms with Crippen LogP contribution in [0, 0.1) is 6.92 Å². The molecular weight excluding hydrogens is 364 g/mol. The lowest BCUT2D eigenvalue weighted by molar-refractivity contribution is -0.113. The maximum Gasteiger partial charge on any atom is 0.261 e. The number of thioether (sulfide) groups is 1. The second-order valence-electron chi connectivity index (χ2n) is 6.88. The van der Waals surface area contributed by atoms with Crippen molar-refractivity contribution in [2.45, 2.75) is 17.9 Å². The van der Waals surface area contributed by atoms with Crippen LogP contribution >= 0.6 is 11.8 Å². The number of aryl methyl sites for hydroxylation is 1. The standard InChI is InChI=1S/C24H22N2OS/c1-16-8-12-19(13-9-16)26-23(18-10-14-20(28-2)15-11-18)22(25)21(24(26)27)17-6-4-3-5-7-17/h3-15,23H,25H2,1-2H3. The molecule has 0 saturated carbocycles. The first-order valence-electron chi connectivity index (χ1n) is 9.19. The zero-order chi connectivity index (χ0) is 19.7. The van der Waals surface area contributed by atoms with Crippen LogP contribution in [-0.4, -0.2) is 12.2 Å². The van der Waals surface area contributed by atoms with Crippen molar-refractivity contribution in [1.82, 2.24) is 0 Å². The first-order valence-corrected chi connectivity index (χ1v) is 10.4. The van der Waals surface area contributed by atoms with Gasteiger partial charge in [-0.3, -0.25) is 9.69 Å². The molecule has 140 valence electrons. The minimum absolute atomic E-state index is 0.0634. The molecule has 0 aromatic heterocycles. The van der Waals surface area contributed by atoms with Crippen molar-refractivity contribution >= 4 is 28.9 Å². The van der Waals surface area contributed by atoms with Crippen molar-refractivity contribution < 1.29 is 4.79 Å². The van der Waals surface area contributed by atoms with Gasteiger partial charge < -0.3 is 5.73 Å². The van der Waals surface area contributed by atoms with Gasteiger partial charge in [-0.2, -0.15) is 0 Å². The topological polar surface area (TPSA) is 46.3 Å². The van der Waals surface area contributed by atoms with E-state index in [2.05, 4.69) is 30.5 Å². The van der Waals surface area contributed by atoms with Gasteiger partial charge in [0.15, 0.2) is 0 Å². The van der Waals surface area contributed by atoms with E-state index in [0.717, 1.165) is 22.4 Å². The van der Waals surface area contributed by atoms with Crippen molar-refractivity contribution in [2.24, 2.45) is 5.73 Å². The Morgan fingerprint density at radius 1 is 0.893 bits per heavy atom. The summed E-state index contributed by atoms with van der Waals surface area (Å²) in [6.45, 7) is 2.04. The van der Waals surface area contributed by atoms with Crippen molar-refractivity contribution in [3.8, 4) is 0 Å². The van der Waals surface area contributed by atoms with Gasteiger partial charge in [-0.1, -0.05) is 60.2 Å². The van der Waals surface area contributed by atoms with Crippen LogP contribution in [0.15, 0.2) is 89.5 Å². The van der Waals surface area contributed by atoms with Gasteiger partial charge in [0.2, 0.25) is 0 Å². The number of rotatable bonds is 4. The molecular formula is C24H22N2OS. The van der Waals surface area contributed by atoms with Crippen LogP contribution in [0.3, 0.4) is 0 Å². The summed E-state index contributed by atoms with van der Waals surface area (Å²) in [5, 5.41) is 0. The molecule has 4 rings (SSSR count). The molecule has 0 saturated heterocycles. The fourth-order valence-corrected chi connectivity index (χ4v) is 4.03. The summed E-state index contributed by atoms with van der Waals surface area (Å²) < 4.78 is 0. The Morgan fingerprint density at radius 2 is 1.54 bits per heavy atom. The van der Waals surface area contributed by atoms with E-state index in [1.165, 1.54) is 4.90 Å². The molecule has 1 aliphatic heterocycles. The summed E-state index contributed by atoms with van der Waals surface area (Å²) in [5.74, 6) is -0.0634. The largest absolute Gasteiger partial charge is 0.399 e. The molecule has 1 atom stereocenters. The van der Waals surface area contributed by atoms with E-state index in [9.17, 15) is 4.79 Å². The molecule has 1 heterocycles. The highest BCUT2D eigenvalue weighted by Gasteiger charge is 2.40. The third-order valence-electron chi connectivity index (χ3n) is 5.08. The Balaban J connectivity index is 1.86. The number of carbonyl (C=O) groups excluding carboxylic acids is 1. The number of benzene rings is 3. The van der Waals surface area contributed by atoms with Crippen molar-refractivity contribution in [3.05, 3.63) is 101 Å². The molecule has 1 aliphatic rings. The van der Waals surface area contributed by atoms with Gasteiger partial charge in [0.05, 0.1) is 5.57 Å². The molecule has 0 fully saturated rings. The van der Waals surface area contributed by atoms with Gasteiger partial charge in [0, 0.05) is 16.3 Å². The highest BCUT2D eigenvalue weighted by Crippen LogP contribution is 2.42. The third kappa shape index (κ3) is 3.20. The zero-order valence-corrected chi connectivity index (χ0v) is 16.7. The maximum absolute atomic E-state index is 13.5. The minimum atomic E-state index is -0.318. The summed E-state index contributed by atoms with van der Waals surface area (Å²) in [5.41, 5.74) is 11.7. The fraction of sp³-hybridized carbons (Fsp3) is 0.125. The third-order valence-corrected chi connectivity index (χ3v) is 5.82. The Labute approximate surface area is 169 Å². The van der Waals surface area contributed by atoms with Crippen LogP contribution in [0.5, 0.6) is 0 Å². The molecule has 3 aromatic carbocycles. The lowest BCUT2D eigenvalue weighted by Crippen LogP contribution is -2.30. The Hall–Kier alpha value is -2.98. The number of hydrogen-bond donors (Lipinski definition) is 1. The predicted molar refractivity (Wildman–Crippen MR) is 117 cm³/mol. The quantitative estimate of drug-likeness (QED) is 0.629. The van der Waals surface area contributed by atoms with Gasteiger partial charge in [-0.05, 0) is 48.6 Å². The van der Waals surface area contributed by atoms with Gasteiger partial charge >= 0.3 is 0 Å². The Kier molecular flexibility index (Phi) is 4.97. The molecule has 0 spiro atoms. The average molecular weight is 387 g/mol. The smallest absolute Gasteiger partial charge is 0.261 e. The summed E-state index contributed by atoms with van der Waals surface area (Å²) in [4.78, 5) is 16.5. The van der Waals surface area contributed by atoms with E-state index in [1.54, 1.807) is 11.8 Å². The van der Waals surface area contributed by atoms with Crippen LogP contribution in [0.2, 0.25) is 0 Å². The first kappa shape index (κ1) is 18.4. The molecule has 0 aliphatic carbocycles. The zero-order valence-electron chi connectivity index (χ0n) is 15.9. The van der Waals surface area contributed by atoms with Gasteiger partial charge in [-0.25, -0.2) is 0 Å². The minimum Gasteiger partial charge on any atom is -0.399 e. The number of nitrogens with zero attached hydrogens (tertiary/aromatic N) is 1. The summed E-state index contributed by atoms with van der Waals surface area (Å²) in [6.07, 6.45) is 2.05. The van der Waals surface area contributed by atoms with E-state index in [4.69, 9.17) is 5.73 Å². The molecule has 3 nitrogen and oxygen atoms in total. The number of nitrogens with two attached hydrogens (primary N) is 1. The Bertz CT molecular complexity index is 1020. The van der Waals surface area contributed by atoms with Gasteiger partial charge in [0.1, 0.15) is 6.04 Å². The number of amides is 1. The van der Waals surface area contributed by atoms with E-state index >= 15 is 0 Å². The van der Waals surface area contributed by atoms with Crippen molar-refractivity contribution in [3.63, 3.8) is 0 Å². The van der Waals surface area contributed by atoms with E-state index in [1.807, 2.05) is 66.4 Å². The van der Waals surface area contributed by atoms with Crippen LogP contribution in [0.1, 0.15) is 22.7 Å². The maximum atomic E-state index is 13.5. The first-order chi connectivity index (χ1) is 13.6. The molecule has 4 heteroatoms. The van der Waals surface area contributed by atoms with E-state index < -0.39 is 0 Å². The Morgan fingerprint density at radius 3 is 2.14 bits per heavy atom. The summed E-state index contributed by atoms with van der Waals surface area (Å²) >= 11 is 1.69. The molecule has 0 radical (unpaired) electrons. The summed E-state index contributed by atoms with van der Waals surface area (Å²) in [6, 6.07) is 25.6. The average Bonchev–Trinajstić information content (AvgIpc) is 2.99. The molecule has 0 bridgehead atoms. The molecule has 3 aromatic rings. The highest BCUT2D eigenvalue weighted by molar-refractivity contribution is 7.98. The van der Waals surface area contributed by atoms with Crippen LogP contribution < -0.4 is 10.6 Å². The van der Waals surface area contributed by atoms with E-state index in [-0.39, 0.29) is 11.9 Å². The van der Waals surface area contributed by atoms with Crippen molar-refractivity contribution in [1.29, 1.82) is 0 Å². The summed E-state index contributed by atoms with van der Waals surface area (Å²) in [7, 11) is 0. The number of carbonyl (C=O) groups is 1. The lowest BCUT2D eigenvalue weighted by atomic mass is 10.00. The molecule has 1 amide bonds. The fourth-order valence-electron chi connectivity index (χ4n) is 3.62. The van der Waals surface area contributed by atoms with Crippen LogP contribution in [0.25, 0.3) is 5.57 Å². The molecule has 1 unspecified atom stereocenters. The number of anilines is 1. The monoisotopic (exact) mass is 386 g/mol. The van der Waals surface area contributed by atoms with E-state index in [0.29, 0.717) is 11.3 Å². The SMILES string of the molecule is CSc1ccc(C2C(N)=C(c3ccccc3)C(=O)N2c2ccc(C)cc2)cc1. The van der Waals surface area contributed by atoms with Crippen LogP contribution in [-0.2, 0) is 4.79 Å². The second-order valence-corrected chi connectivity index (χ2v) is 7.76. The van der Waals surface area contributed by atoms with Crippen LogP contribution in [0.4, 0.5) is 5.69 Å². The van der Waals surface area contributed by atoms with Crippen molar-refractivity contribution in [2.75, 3.05) is 11.2 Å². The van der Waals surface area contributed by atoms with Gasteiger partial charge in [-0.15, -0.1) is 11.8 Å².